The van der Waals surface area contributed by atoms with Crippen LogP contribution in [0.2, 0.25) is 5.02 Å². The van der Waals surface area contributed by atoms with Crippen LogP contribution in [0.3, 0.4) is 0 Å². The van der Waals surface area contributed by atoms with E-state index in [1.54, 1.807) is 18.2 Å². The van der Waals surface area contributed by atoms with Crippen molar-refractivity contribution in [1.29, 1.82) is 0 Å². The molecule has 1 heterocycles. The van der Waals surface area contributed by atoms with Crippen LogP contribution in [0.5, 0.6) is 11.5 Å². The van der Waals surface area contributed by atoms with Crippen molar-refractivity contribution in [3.8, 4) is 11.5 Å². The fourth-order valence-electron chi connectivity index (χ4n) is 1.76. The lowest BCUT2D eigenvalue weighted by Crippen LogP contribution is -2.34. The quantitative estimate of drug-likeness (QED) is 0.646. The third-order valence-electron chi connectivity index (χ3n) is 3.00. The van der Waals surface area contributed by atoms with Gasteiger partial charge in [0.05, 0.1) is 19.8 Å². The minimum absolute atomic E-state index is 0.0392. The van der Waals surface area contributed by atoms with Crippen molar-refractivity contribution in [2.75, 3.05) is 20.3 Å². The molecule has 130 valence electrons. The molecule has 0 bridgehead atoms. The van der Waals surface area contributed by atoms with Gasteiger partial charge in [0.25, 0.3) is 5.91 Å². The summed E-state index contributed by atoms with van der Waals surface area (Å²) in [7, 11) is 1.50. The molecule has 0 saturated carbocycles. The molecule has 0 aliphatic rings. The van der Waals surface area contributed by atoms with Crippen LogP contribution in [-0.2, 0) is 6.61 Å². The van der Waals surface area contributed by atoms with Gasteiger partial charge >= 0.3 is 0 Å². The number of carbonyl (C=O) groups is 1. The van der Waals surface area contributed by atoms with E-state index in [4.69, 9.17) is 30.7 Å². The summed E-state index contributed by atoms with van der Waals surface area (Å²) in [6.45, 7) is -0.491. The molecule has 0 aliphatic heterocycles. The molecule has 3 N–H and O–H groups in total. The predicted octanol–water partition coefficient (Wildman–Crippen LogP) is 0.999. The largest absolute Gasteiger partial charge is 0.493 e. The number of carbonyl (C=O) groups excluding carboxylic acids is 1. The number of nitrogens with zero attached hydrogens (tertiary/aromatic N) is 1. The topological polar surface area (TPSA) is 114 Å². The second kappa shape index (κ2) is 8.53. The molecule has 0 spiro atoms. The number of aliphatic hydroxyl groups is 2. The van der Waals surface area contributed by atoms with Crippen LogP contribution in [0.4, 0.5) is 0 Å². The van der Waals surface area contributed by atoms with Crippen molar-refractivity contribution in [1.82, 2.24) is 10.5 Å². The van der Waals surface area contributed by atoms with Gasteiger partial charge in [0.2, 0.25) is 0 Å². The number of halogens is 1. The van der Waals surface area contributed by atoms with Gasteiger partial charge in [-0.15, -0.1) is 0 Å². The lowest BCUT2D eigenvalue weighted by molar-refractivity contribution is 0.0796. The molecule has 0 aliphatic carbocycles. The Kier molecular flexibility index (Phi) is 6.42. The van der Waals surface area contributed by atoms with E-state index in [-0.39, 0.29) is 18.8 Å². The number of ether oxygens (including phenoxy) is 2. The zero-order chi connectivity index (χ0) is 17.5. The van der Waals surface area contributed by atoms with Crippen LogP contribution in [0.15, 0.2) is 28.8 Å². The molecule has 1 unspecified atom stereocenters. The molecule has 8 nitrogen and oxygen atoms in total. The van der Waals surface area contributed by atoms with E-state index in [0.717, 1.165) is 0 Å². The molecule has 0 radical (unpaired) electrons. The molecule has 0 saturated heterocycles. The van der Waals surface area contributed by atoms with E-state index in [0.29, 0.717) is 22.3 Å². The average Bonchev–Trinajstić information content (AvgIpc) is 3.07. The number of aromatic nitrogens is 1. The number of methoxy groups -OCH3 is 1. The number of nitrogens with one attached hydrogen (secondary N) is 1. The highest BCUT2D eigenvalue weighted by Crippen LogP contribution is 2.30. The number of hydrogen-bond acceptors (Lipinski definition) is 7. The van der Waals surface area contributed by atoms with Gasteiger partial charge < -0.3 is 29.5 Å². The summed E-state index contributed by atoms with van der Waals surface area (Å²) in [4.78, 5) is 11.8. The van der Waals surface area contributed by atoms with Crippen LogP contribution in [-0.4, -0.2) is 47.6 Å². The smallest absolute Gasteiger partial charge is 0.273 e. The van der Waals surface area contributed by atoms with Crippen molar-refractivity contribution in [2.45, 2.75) is 12.7 Å². The predicted molar refractivity (Wildman–Crippen MR) is 84.3 cm³/mol. The number of hydrogen-bond donors (Lipinski definition) is 3. The molecular weight excluding hydrogens is 340 g/mol. The average molecular weight is 357 g/mol. The Morgan fingerprint density at radius 2 is 2.21 bits per heavy atom. The van der Waals surface area contributed by atoms with E-state index in [2.05, 4.69) is 10.5 Å². The van der Waals surface area contributed by atoms with Gasteiger partial charge in [-0.05, 0) is 12.1 Å². The SMILES string of the molecule is COc1cc(Cl)ccc1OCc1cc(C(=O)NCC(O)CO)no1. The Bertz CT molecular complexity index is 690. The fourth-order valence-corrected chi connectivity index (χ4v) is 1.93. The van der Waals surface area contributed by atoms with Crippen LogP contribution in [0.1, 0.15) is 16.2 Å². The van der Waals surface area contributed by atoms with E-state index in [1.807, 2.05) is 0 Å². The molecule has 9 heteroatoms. The molecule has 2 aromatic rings. The minimum atomic E-state index is -1.03. The highest BCUT2D eigenvalue weighted by molar-refractivity contribution is 6.30. The first-order valence-electron chi connectivity index (χ1n) is 7.02. The normalized spacial score (nSPS) is 11.8. The maximum Gasteiger partial charge on any atom is 0.273 e. The number of benzene rings is 1. The Hall–Kier alpha value is -2.29. The highest BCUT2D eigenvalue weighted by Gasteiger charge is 2.14. The second-order valence-electron chi connectivity index (χ2n) is 4.81. The van der Waals surface area contributed by atoms with Gasteiger partial charge in [0.15, 0.2) is 23.0 Å². The molecule has 1 amide bonds. The molecule has 1 aromatic heterocycles. The lowest BCUT2D eigenvalue weighted by atomic mass is 10.3. The van der Waals surface area contributed by atoms with Crippen molar-refractivity contribution >= 4 is 17.5 Å². The maximum absolute atomic E-state index is 11.8. The van der Waals surface area contributed by atoms with E-state index in [1.165, 1.54) is 13.2 Å². The zero-order valence-electron chi connectivity index (χ0n) is 12.9. The maximum atomic E-state index is 11.8. The Labute approximate surface area is 142 Å². The van der Waals surface area contributed by atoms with E-state index in [9.17, 15) is 9.90 Å². The first-order chi connectivity index (χ1) is 11.5. The van der Waals surface area contributed by atoms with Crippen molar-refractivity contribution in [2.24, 2.45) is 0 Å². The van der Waals surface area contributed by atoms with Crippen molar-refractivity contribution < 1.29 is 29.0 Å². The van der Waals surface area contributed by atoms with Gasteiger partial charge in [0.1, 0.15) is 6.61 Å². The Morgan fingerprint density at radius 1 is 1.42 bits per heavy atom. The highest BCUT2D eigenvalue weighted by atomic mass is 35.5. The summed E-state index contributed by atoms with van der Waals surface area (Å²) in [6, 6.07) is 6.35. The fraction of sp³-hybridized carbons (Fsp3) is 0.333. The summed E-state index contributed by atoms with van der Waals surface area (Å²) in [5.74, 6) is 0.745. The molecule has 24 heavy (non-hydrogen) atoms. The van der Waals surface area contributed by atoms with Crippen LogP contribution < -0.4 is 14.8 Å². The van der Waals surface area contributed by atoms with Crippen LogP contribution >= 0.6 is 11.6 Å². The first kappa shape index (κ1) is 18.1. The van der Waals surface area contributed by atoms with Gasteiger partial charge in [0, 0.05) is 23.7 Å². The Morgan fingerprint density at radius 3 is 2.92 bits per heavy atom. The van der Waals surface area contributed by atoms with Crippen LogP contribution in [0.25, 0.3) is 0 Å². The molecule has 2 rings (SSSR count). The summed E-state index contributed by atoms with van der Waals surface area (Å²) < 4.78 is 15.7. The number of aliphatic hydroxyl groups excluding tert-OH is 2. The summed E-state index contributed by atoms with van der Waals surface area (Å²) >= 11 is 5.87. The third kappa shape index (κ3) is 4.85. The van der Waals surface area contributed by atoms with E-state index >= 15 is 0 Å². The monoisotopic (exact) mass is 356 g/mol. The standard InChI is InChI=1S/C15H17ClN2O6/c1-22-14-4-9(16)2-3-13(14)23-8-11-5-12(18-24-11)15(21)17-6-10(20)7-19/h2-5,10,19-20H,6-8H2,1H3,(H,17,21). The zero-order valence-corrected chi connectivity index (χ0v) is 13.6. The van der Waals surface area contributed by atoms with Crippen molar-refractivity contribution in [3.63, 3.8) is 0 Å². The number of amides is 1. The van der Waals surface area contributed by atoms with E-state index < -0.39 is 18.6 Å². The van der Waals surface area contributed by atoms with Gasteiger partial charge in [-0.1, -0.05) is 16.8 Å². The summed E-state index contributed by atoms with van der Waals surface area (Å²) in [6.07, 6.45) is -1.03. The first-order valence-corrected chi connectivity index (χ1v) is 7.40. The summed E-state index contributed by atoms with van der Waals surface area (Å²) in [5, 5.41) is 24.4. The summed E-state index contributed by atoms with van der Waals surface area (Å²) in [5.41, 5.74) is 0.0433. The molecule has 1 atom stereocenters. The van der Waals surface area contributed by atoms with Gasteiger partial charge in [-0.2, -0.15) is 0 Å². The minimum Gasteiger partial charge on any atom is -0.493 e. The van der Waals surface area contributed by atoms with Crippen LogP contribution in [0, 0.1) is 0 Å². The number of rotatable bonds is 8. The van der Waals surface area contributed by atoms with Crippen molar-refractivity contribution in [3.05, 3.63) is 40.7 Å². The molecule has 0 fully saturated rings. The lowest BCUT2D eigenvalue weighted by Gasteiger charge is -2.09. The van der Waals surface area contributed by atoms with Gasteiger partial charge in [-0.3, -0.25) is 4.79 Å². The van der Waals surface area contributed by atoms with Gasteiger partial charge in [-0.25, -0.2) is 0 Å². The molecular formula is C15H17ClN2O6. The molecule has 1 aromatic carbocycles. The Balaban J connectivity index is 1.93. The second-order valence-corrected chi connectivity index (χ2v) is 5.25. The third-order valence-corrected chi connectivity index (χ3v) is 3.23.